The lowest BCUT2D eigenvalue weighted by molar-refractivity contribution is -0.115. The van der Waals surface area contributed by atoms with Crippen LogP contribution in [0.2, 0.25) is 0 Å². The van der Waals surface area contributed by atoms with E-state index in [2.05, 4.69) is 10.0 Å². The molecule has 5 nitrogen and oxygen atoms in total. The van der Waals surface area contributed by atoms with Gasteiger partial charge in [0.1, 0.15) is 4.21 Å². The Morgan fingerprint density at radius 2 is 1.91 bits per heavy atom. The van der Waals surface area contributed by atoms with E-state index in [0.29, 0.717) is 0 Å². The third-order valence-electron chi connectivity index (χ3n) is 3.41. The van der Waals surface area contributed by atoms with Gasteiger partial charge in [-0.05, 0) is 43.5 Å². The SMILES string of the molecule is CCc1cccc(C)c1NC(=O)CNS(=O)(=O)c1ccc(C)s1. The summed E-state index contributed by atoms with van der Waals surface area (Å²) in [5.74, 6) is -0.383. The number of para-hydroxylation sites is 1. The van der Waals surface area contributed by atoms with Crippen molar-refractivity contribution in [1.29, 1.82) is 0 Å². The van der Waals surface area contributed by atoms with Crippen LogP contribution in [0.15, 0.2) is 34.5 Å². The van der Waals surface area contributed by atoms with Crippen LogP contribution in [0.4, 0.5) is 5.69 Å². The summed E-state index contributed by atoms with van der Waals surface area (Å²) < 4.78 is 26.8. The Labute approximate surface area is 140 Å². The zero-order valence-corrected chi connectivity index (χ0v) is 15.0. The van der Waals surface area contributed by atoms with Crippen molar-refractivity contribution in [3.8, 4) is 0 Å². The van der Waals surface area contributed by atoms with Crippen molar-refractivity contribution >= 4 is 33.0 Å². The fourth-order valence-electron chi connectivity index (χ4n) is 2.17. The third kappa shape index (κ3) is 4.40. The van der Waals surface area contributed by atoms with Crippen LogP contribution in [0.1, 0.15) is 22.9 Å². The highest BCUT2D eigenvalue weighted by Crippen LogP contribution is 2.22. The first kappa shape index (κ1) is 17.7. The molecule has 1 heterocycles. The first-order valence-electron chi connectivity index (χ1n) is 7.28. The lowest BCUT2D eigenvalue weighted by Gasteiger charge is -2.13. The molecule has 23 heavy (non-hydrogen) atoms. The number of aryl methyl sites for hydroxylation is 3. The molecular weight excluding hydrogens is 332 g/mol. The first-order valence-corrected chi connectivity index (χ1v) is 9.58. The molecule has 7 heteroatoms. The lowest BCUT2D eigenvalue weighted by Crippen LogP contribution is -2.32. The summed E-state index contributed by atoms with van der Waals surface area (Å²) in [6.45, 7) is 5.46. The Balaban J connectivity index is 2.04. The van der Waals surface area contributed by atoms with Gasteiger partial charge in [0.25, 0.3) is 10.0 Å². The molecule has 0 atom stereocenters. The van der Waals surface area contributed by atoms with Crippen LogP contribution in [0.5, 0.6) is 0 Å². The number of amides is 1. The molecule has 0 fully saturated rings. The summed E-state index contributed by atoms with van der Waals surface area (Å²) in [6, 6.07) is 9.07. The molecule has 0 saturated carbocycles. The number of hydrogen-bond donors (Lipinski definition) is 2. The summed E-state index contributed by atoms with van der Waals surface area (Å²) in [4.78, 5) is 13.0. The van der Waals surface area contributed by atoms with Crippen LogP contribution >= 0.6 is 11.3 Å². The van der Waals surface area contributed by atoms with Gasteiger partial charge in [0.15, 0.2) is 0 Å². The number of carbonyl (C=O) groups is 1. The number of benzene rings is 1. The van der Waals surface area contributed by atoms with Crippen LogP contribution in [-0.4, -0.2) is 20.9 Å². The molecule has 0 bridgehead atoms. The largest absolute Gasteiger partial charge is 0.324 e. The van der Waals surface area contributed by atoms with Crippen LogP contribution < -0.4 is 10.0 Å². The van der Waals surface area contributed by atoms with Gasteiger partial charge in [0, 0.05) is 10.6 Å². The Bertz CT molecular complexity index is 810. The van der Waals surface area contributed by atoms with Crippen LogP contribution in [0.3, 0.4) is 0 Å². The second kappa shape index (κ2) is 7.25. The van der Waals surface area contributed by atoms with Gasteiger partial charge >= 0.3 is 0 Å². The van der Waals surface area contributed by atoms with Crippen molar-refractivity contribution in [1.82, 2.24) is 4.72 Å². The van der Waals surface area contributed by atoms with Crippen molar-refractivity contribution in [2.75, 3.05) is 11.9 Å². The quantitative estimate of drug-likeness (QED) is 0.839. The van der Waals surface area contributed by atoms with Gasteiger partial charge in [-0.3, -0.25) is 4.79 Å². The number of hydrogen-bond acceptors (Lipinski definition) is 4. The number of rotatable bonds is 6. The summed E-state index contributed by atoms with van der Waals surface area (Å²) >= 11 is 1.18. The minimum atomic E-state index is -3.64. The molecule has 2 aromatic rings. The molecule has 2 N–H and O–H groups in total. The monoisotopic (exact) mass is 352 g/mol. The lowest BCUT2D eigenvalue weighted by atomic mass is 10.1. The van der Waals surface area contributed by atoms with Gasteiger partial charge in [-0.1, -0.05) is 25.1 Å². The van der Waals surface area contributed by atoms with Crippen molar-refractivity contribution in [2.24, 2.45) is 0 Å². The maximum atomic E-state index is 12.1. The summed E-state index contributed by atoms with van der Waals surface area (Å²) in [5, 5.41) is 2.80. The molecule has 0 radical (unpaired) electrons. The summed E-state index contributed by atoms with van der Waals surface area (Å²) in [5.41, 5.74) is 2.73. The van der Waals surface area contributed by atoms with Gasteiger partial charge in [0.05, 0.1) is 6.54 Å². The molecule has 0 saturated heterocycles. The normalized spacial score (nSPS) is 11.4. The second-order valence-electron chi connectivity index (χ2n) is 5.20. The maximum absolute atomic E-state index is 12.1. The standard InChI is InChI=1S/C16H20N2O3S2/c1-4-13-7-5-6-11(2)16(13)18-14(19)10-17-23(20,21)15-9-8-12(3)22-15/h5-9,17H,4,10H2,1-3H3,(H,18,19). The van der Waals surface area contributed by atoms with Crippen molar-refractivity contribution in [2.45, 2.75) is 31.4 Å². The molecule has 1 aromatic carbocycles. The van der Waals surface area contributed by atoms with Gasteiger partial charge in [-0.15, -0.1) is 11.3 Å². The van der Waals surface area contributed by atoms with Gasteiger partial charge in [-0.25, -0.2) is 13.1 Å². The van der Waals surface area contributed by atoms with Crippen LogP contribution in [-0.2, 0) is 21.2 Å². The van der Waals surface area contributed by atoms with E-state index in [1.165, 1.54) is 17.4 Å². The summed E-state index contributed by atoms with van der Waals surface area (Å²) in [6.07, 6.45) is 0.789. The van der Waals surface area contributed by atoms with Crippen molar-refractivity contribution in [3.63, 3.8) is 0 Å². The molecule has 1 amide bonds. The molecule has 0 aliphatic heterocycles. The Hall–Kier alpha value is -1.70. The number of carbonyl (C=O) groups excluding carboxylic acids is 1. The Kier molecular flexibility index (Phi) is 5.56. The highest BCUT2D eigenvalue weighted by molar-refractivity contribution is 7.91. The van der Waals surface area contributed by atoms with E-state index in [4.69, 9.17) is 0 Å². The van der Waals surface area contributed by atoms with Gasteiger partial charge in [0.2, 0.25) is 5.91 Å². The minimum absolute atomic E-state index is 0.216. The minimum Gasteiger partial charge on any atom is -0.324 e. The number of nitrogens with one attached hydrogen (secondary N) is 2. The fraction of sp³-hybridized carbons (Fsp3) is 0.312. The molecule has 1 aromatic heterocycles. The Morgan fingerprint density at radius 3 is 2.52 bits per heavy atom. The Morgan fingerprint density at radius 1 is 1.17 bits per heavy atom. The maximum Gasteiger partial charge on any atom is 0.250 e. The highest BCUT2D eigenvalue weighted by Gasteiger charge is 2.18. The van der Waals surface area contributed by atoms with Crippen LogP contribution in [0.25, 0.3) is 0 Å². The van der Waals surface area contributed by atoms with E-state index in [1.54, 1.807) is 6.07 Å². The average molecular weight is 352 g/mol. The molecule has 124 valence electrons. The number of thiophene rings is 1. The van der Waals surface area contributed by atoms with Crippen molar-refractivity contribution in [3.05, 3.63) is 46.3 Å². The molecule has 0 spiro atoms. The predicted octanol–water partition coefficient (Wildman–Crippen LogP) is 2.84. The van der Waals surface area contributed by atoms with E-state index in [-0.39, 0.29) is 16.7 Å². The molecule has 0 aliphatic rings. The summed E-state index contributed by atoms with van der Waals surface area (Å²) in [7, 11) is -3.64. The molecule has 0 aliphatic carbocycles. The third-order valence-corrected chi connectivity index (χ3v) is 6.30. The average Bonchev–Trinajstić information content (AvgIpc) is 2.95. The fourth-order valence-corrected chi connectivity index (χ4v) is 4.48. The van der Waals surface area contributed by atoms with Crippen LogP contribution in [0, 0.1) is 13.8 Å². The number of anilines is 1. The van der Waals surface area contributed by atoms with E-state index >= 15 is 0 Å². The molecule has 2 rings (SSSR count). The second-order valence-corrected chi connectivity index (χ2v) is 8.48. The van der Waals surface area contributed by atoms with Gasteiger partial charge < -0.3 is 5.32 Å². The number of sulfonamides is 1. The van der Waals surface area contributed by atoms with Crippen molar-refractivity contribution < 1.29 is 13.2 Å². The zero-order valence-electron chi connectivity index (χ0n) is 13.3. The van der Waals surface area contributed by atoms with E-state index in [9.17, 15) is 13.2 Å². The topological polar surface area (TPSA) is 75.3 Å². The van der Waals surface area contributed by atoms with Gasteiger partial charge in [-0.2, -0.15) is 0 Å². The predicted molar refractivity (Wildman–Crippen MR) is 93.4 cm³/mol. The van der Waals surface area contributed by atoms with E-state index < -0.39 is 10.0 Å². The van der Waals surface area contributed by atoms with E-state index in [0.717, 1.165) is 28.1 Å². The zero-order chi connectivity index (χ0) is 17.0. The molecule has 0 unspecified atom stereocenters. The van der Waals surface area contributed by atoms with E-state index in [1.807, 2.05) is 39.0 Å². The first-order chi connectivity index (χ1) is 10.8. The smallest absolute Gasteiger partial charge is 0.250 e. The highest BCUT2D eigenvalue weighted by atomic mass is 32.2. The molecular formula is C16H20N2O3S2.